The van der Waals surface area contributed by atoms with E-state index in [4.69, 9.17) is 9.15 Å². The number of aromatic nitrogens is 3. The fourth-order valence-electron chi connectivity index (χ4n) is 1.81. The van der Waals surface area contributed by atoms with E-state index < -0.39 is 0 Å². The third-order valence-electron chi connectivity index (χ3n) is 2.92. The van der Waals surface area contributed by atoms with Crippen molar-refractivity contribution in [2.24, 2.45) is 0 Å². The molecule has 0 aliphatic carbocycles. The van der Waals surface area contributed by atoms with Gasteiger partial charge in [0.05, 0.1) is 23.1 Å². The number of nitrogens with one attached hydrogen (secondary N) is 1. The van der Waals surface area contributed by atoms with E-state index in [0.717, 1.165) is 16.0 Å². The summed E-state index contributed by atoms with van der Waals surface area (Å²) >= 11 is 2.60. The van der Waals surface area contributed by atoms with Gasteiger partial charge in [0.25, 0.3) is 5.22 Å². The van der Waals surface area contributed by atoms with Crippen LogP contribution in [0.15, 0.2) is 27.8 Å². The molecule has 120 valence electrons. The lowest BCUT2D eigenvalue weighted by Gasteiger charge is -1.98. The van der Waals surface area contributed by atoms with Crippen molar-refractivity contribution in [2.75, 3.05) is 18.2 Å². The summed E-state index contributed by atoms with van der Waals surface area (Å²) in [6.45, 7) is 1.93. The van der Waals surface area contributed by atoms with Crippen LogP contribution in [-0.2, 0) is 11.2 Å². The predicted molar refractivity (Wildman–Crippen MR) is 89.2 cm³/mol. The Bertz CT molecular complexity index is 830. The van der Waals surface area contributed by atoms with Gasteiger partial charge in [-0.05, 0) is 18.2 Å². The molecule has 1 aromatic carbocycles. The number of methoxy groups -OCH3 is 1. The Morgan fingerprint density at radius 1 is 1.43 bits per heavy atom. The van der Waals surface area contributed by atoms with Crippen molar-refractivity contribution in [3.8, 4) is 5.75 Å². The zero-order valence-corrected chi connectivity index (χ0v) is 14.2. The number of aryl methyl sites for hydroxylation is 1. The van der Waals surface area contributed by atoms with Crippen LogP contribution >= 0.6 is 23.1 Å². The molecule has 0 radical (unpaired) electrons. The second-order valence-corrected chi connectivity index (χ2v) is 6.46. The van der Waals surface area contributed by atoms with Crippen LogP contribution < -0.4 is 10.1 Å². The number of benzene rings is 1. The molecule has 3 rings (SSSR count). The van der Waals surface area contributed by atoms with Gasteiger partial charge >= 0.3 is 0 Å². The van der Waals surface area contributed by atoms with E-state index in [2.05, 4.69) is 20.5 Å². The molecule has 0 spiro atoms. The molecular weight excluding hydrogens is 336 g/mol. The number of hydrogen-bond acceptors (Lipinski definition) is 8. The summed E-state index contributed by atoms with van der Waals surface area (Å²) in [5.74, 6) is 1.34. The third kappa shape index (κ3) is 3.80. The Balaban J connectivity index is 1.60. The fourth-order valence-corrected chi connectivity index (χ4v) is 3.30. The molecule has 0 aliphatic heterocycles. The average molecular weight is 350 g/mol. The van der Waals surface area contributed by atoms with Crippen molar-refractivity contribution in [1.29, 1.82) is 0 Å². The van der Waals surface area contributed by atoms with Gasteiger partial charge in [-0.3, -0.25) is 4.79 Å². The highest BCUT2D eigenvalue weighted by Gasteiger charge is 2.11. The van der Waals surface area contributed by atoms with Crippen LogP contribution in [0.5, 0.6) is 5.75 Å². The van der Waals surface area contributed by atoms with Crippen molar-refractivity contribution in [3.05, 3.63) is 24.1 Å². The summed E-state index contributed by atoms with van der Waals surface area (Å²) in [6, 6.07) is 5.59. The monoisotopic (exact) mass is 350 g/mol. The highest BCUT2D eigenvalue weighted by molar-refractivity contribution is 7.99. The number of carbonyl (C=O) groups is 1. The smallest absolute Gasteiger partial charge is 0.277 e. The van der Waals surface area contributed by atoms with Gasteiger partial charge in [0.1, 0.15) is 5.75 Å². The van der Waals surface area contributed by atoms with Crippen molar-refractivity contribution in [2.45, 2.75) is 18.6 Å². The highest BCUT2D eigenvalue weighted by atomic mass is 32.2. The molecular formula is C14H14N4O3S2. The molecule has 0 bridgehead atoms. The molecule has 23 heavy (non-hydrogen) atoms. The van der Waals surface area contributed by atoms with Crippen LogP contribution in [0.25, 0.3) is 10.2 Å². The van der Waals surface area contributed by atoms with Crippen LogP contribution in [0, 0.1) is 0 Å². The van der Waals surface area contributed by atoms with Gasteiger partial charge < -0.3 is 14.5 Å². The minimum Gasteiger partial charge on any atom is -0.497 e. The highest BCUT2D eigenvalue weighted by Crippen LogP contribution is 2.29. The second kappa shape index (κ2) is 6.97. The lowest BCUT2D eigenvalue weighted by Crippen LogP contribution is -2.13. The second-order valence-electron chi connectivity index (χ2n) is 4.50. The first kappa shape index (κ1) is 15.8. The molecule has 0 saturated carbocycles. The van der Waals surface area contributed by atoms with E-state index in [0.29, 0.717) is 22.7 Å². The predicted octanol–water partition coefficient (Wildman–Crippen LogP) is 2.98. The fraction of sp³-hybridized carbons (Fsp3) is 0.286. The van der Waals surface area contributed by atoms with Crippen LogP contribution in [0.2, 0.25) is 0 Å². The molecule has 2 aromatic heterocycles. The van der Waals surface area contributed by atoms with Gasteiger partial charge in [-0.15, -0.1) is 10.2 Å². The summed E-state index contributed by atoms with van der Waals surface area (Å²) in [5.41, 5.74) is 0.822. The van der Waals surface area contributed by atoms with E-state index in [1.54, 1.807) is 7.11 Å². The number of nitrogens with zero attached hydrogens (tertiary/aromatic N) is 3. The van der Waals surface area contributed by atoms with E-state index in [1.165, 1.54) is 23.1 Å². The van der Waals surface area contributed by atoms with Gasteiger partial charge in [-0.1, -0.05) is 30.0 Å². The maximum Gasteiger partial charge on any atom is 0.277 e. The van der Waals surface area contributed by atoms with Gasteiger partial charge in [0, 0.05) is 6.42 Å². The Hall–Kier alpha value is -2.13. The maximum absolute atomic E-state index is 12.0. The summed E-state index contributed by atoms with van der Waals surface area (Å²) in [4.78, 5) is 16.4. The van der Waals surface area contributed by atoms with Crippen molar-refractivity contribution >= 4 is 44.4 Å². The maximum atomic E-state index is 12.0. The number of thioether (sulfide) groups is 1. The first-order chi connectivity index (χ1) is 11.2. The number of amides is 1. The molecule has 0 atom stereocenters. The van der Waals surface area contributed by atoms with Crippen molar-refractivity contribution < 1.29 is 13.9 Å². The lowest BCUT2D eigenvalue weighted by atomic mass is 10.3. The summed E-state index contributed by atoms with van der Waals surface area (Å²) in [5, 5.41) is 11.4. The number of rotatable bonds is 6. The molecule has 0 aliphatic rings. The Morgan fingerprint density at radius 2 is 2.30 bits per heavy atom. The number of fused-ring (bicyclic) bond motifs is 1. The lowest BCUT2D eigenvalue weighted by molar-refractivity contribution is -0.113. The third-order valence-corrected chi connectivity index (χ3v) is 4.67. The van der Waals surface area contributed by atoms with E-state index in [-0.39, 0.29) is 11.7 Å². The molecule has 0 fully saturated rings. The number of hydrogen-bond donors (Lipinski definition) is 1. The van der Waals surface area contributed by atoms with Gasteiger partial charge in [0.15, 0.2) is 5.13 Å². The minimum absolute atomic E-state index is 0.169. The quantitative estimate of drug-likeness (QED) is 0.683. The van der Waals surface area contributed by atoms with Crippen molar-refractivity contribution in [1.82, 2.24) is 15.2 Å². The number of carbonyl (C=O) groups excluding carboxylic acids is 1. The first-order valence-corrected chi connectivity index (χ1v) is 8.67. The van der Waals surface area contributed by atoms with Crippen LogP contribution in [0.3, 0.4) is 0 Å². The zero-order valence-electron chi connectivity index (χ0n) is 12.5. The first-order valence-electron chi connectivity index (χ1n) is 6.87. The van der Waals surface area contributed by atoms with Crippen molar-refractivity contribution in [3.63, 3.8) is 0 Å². The topological polar surface area (TPSA) is 90.1 Å². The summed E-state index contributed by atoms with van der Waals surface area (Å²) in [6.07, 6.45) is 0.676. The molecule has 2 heterocycles. The van der Waals surface area contributed by atoms with Gasteiger partial charge in [-0.2, -0.15) is 0 Å². The van der Waals surface area contributed by atoms with E-state index in [9.17, 15) is 4.79 Å². The summed E-state index contributed by atoms with van der Waals surface area (Å²) < 4.78 is 11.5. The number of anilines is 1. The SMILES string of the molecule is CCc1nnc(SCC(=O)Nc2nc3ccc(OC)cc3s2)o1. The molecule has 3 aromatic rings. The number of ether oxygens (including phenoxy) is 1. The molecule has 1 amide bonds. The van der Waals surface area contributed by atoms with Crippen LogP contribution in [0.1, 0.15) is 12.8 Å². The average Bonchev–Trinajstić information content (AvgIpc) is 3.17. The molecule has 7 nitrogen and oxygen atoms in total. The molecule has 9 heteroatoms. The van der Waals surface area contributed by atoms with E-state index in [1.807, 2.05) is 25.1 Å². The Kier molecular flexibility index (Phi) is 4.77. The zero-order chi connectivity index (χ0) is 16.2. The summed E-state index contributed by atoms with van der Waals surface area (Å²) in [7, 11) is 1.61. The molecule has 0 saturated heterocycles. The number of thiazole rings is 1. The normalized spacial score (nSPS) is 10.9. The van der Waals surface area contributed by atoms with E-state index >= 15 is 0 Å². The van der Waals surface area contributed by atoms with Crippen LogP contribution in [-0.4, -0.2) is 34.0 Å². The molecule has 0 unspecified atom stereocenters. The van der Waals surface area contributed by atoms with Gasteiger partial charge in [0.2, 0.25) is 11.8 Å². The van der Waals surface area contributed by atoms with Gasteiger partial charge in [-0.25, -0.2) is 4.98 Å². The minimum atomic E-state index is -0.169. The standard InChI is InChI=1S/C14H14N4O3S2/c1-3-12-17-18-14(21-12)22-7-11(19)16-13-15-9-5-4-8(20-2)6-10(9)23-13/h4-6H,3,7H2,1-2H3,(H,15,16,19). The Morgan fingerprint density at radius 3 is 3.04 bits per heavy atom. The van der Waals surface area contributed by atoms with Crippen LogP contribution in [0.4, 0.5) is 5.13 Å². The molecule has 1 N–H and O–H groups in total. The largest absolute Gasteiger partial charge is 0.497 e. The Labute approximate surface area is 140 Å².